The van der Waals surface area contributed by atoms with Crippen LogP contribution in [0.4, 0.5) is 11.5 Å². The number of ether oxygens (including phenoxy) is 2. The lowest BCUT2D eigenvalue weighted by Gasteiger charge is -2.36. The molecule has 0 spiro atoms. The SMILES string of the molecule is CCCCCCCCCCCCCCCCCCCCCC(=O)OCN1C(=O)CCc2ccc(OCCCCN3CCN(c4cccc5ccccc45)CC3)nc21. The van der Waals surface area contributed by atoms with E-state index >= 15 is 0 Å². The van der Waals surface area contributed by atoms with Crippen LogP contribution in [0, 0.1) is 0 Å². The monoisotopic (exact) mass is 783 g/mol. The summed E-state index contributed by atoms with van der Waals surface area (Å²) in [5.41, 5.74) is 2.32. The summed E-state index contributed by atoms with van der Waals surface area (Å²) in [6, 6.07) is 19.1. The summed E-state index contributed by atoms with van der Waals surface area (Å²) in [6.07, 6.45) is 28.6. The molecule has 0 N–H and O–H groups in total. The van der Waals surface area contributed by atoms with Gasteiger partial charge in [0.25, 0.3) is 0 Å². The molecule has 57 heavy (non-hydrogen) atoms. The van der Waals surface area contributed by atoms with Gasteiger partial charge in [0, 0.05) is 56.2 Å². The van der Waals surface area contributed by atoms with Gasteiger partial charge >= 0.3 is 5.97 Å². The Morgan fingerprint density at radius 1 is 0.649 bits per heavy atom. The van der Waals surface area contributed by atoms with Crippen molar-refractivity contribution >= 4 is 34.2 Å². The first kappa shape index (κ1) is 44.5. The van der Waals surface area contributed by atoms with Crippen LogP contribution >= 0.6 is 0 Å². The van der Waals surface area contributed by atoms with Gasteiger partial charge in [0.1, 0.15) is 5.82 Å². The highest BCUT2D eigenvalue weighted by atomic mass is 16.5. The first-order chi connectivity index (χ1) is 28.1. The number of hydrogen-bond donors (Lipinski definition) is 0. The van der Waals surface area contributed by atoms with E-state index in [9.17, 15) is 9.59 Å². The maximum absolute atomic E-state index is 12.9. The van der Waals surface area contributed by atoms with Crippen LogP contribution in [0.1, 0.15) is 160 Å². The minimum Gasteiger partial charge on any atom is -0.478 e. The first-order valence-electron chi connectivity index (χ1n) is 23.2. The highest BCUT2D eigenvalue weighted by molar-refractivity contribution is 5.95. The highest BCUT2D eigenvalue weighted by Gasteiger charge is 2.27. The van der Waals surface area contributed by atoms with Crippen molar-refractivity contribution in [2.24, 2.45) is 0 Å². The van der Waals surface area contributed by atoms with Crippen LogP contribution in [0.15, 0.2) is 54.6 Å². The van der Waals surface area contributed by atoms with E-state index in [1.807, 2.05) is 12.1 Å². The molecule has 8 heteroatoms. The molecule has 5 rings (SSSR count). The summed E-state index contributed by atoms with van der Waals surface area (Å²) in [6.45, 7) is 8.01. The molecular formula is C49H74N4O4. The molecule has 0 aliphatic carbocycles. The van der Waals surface area contributed by atoms with Crippen LogP contribution in [-0.4, -0.2) is 67.8 Å². The maximum Gasteiger partial charge on any atom is 0.307 e. The molecule has 0 atom stereocenters. The second-order valence-corrected chi connectivity index (χ2v) is 16.6. The van der Waals surface area contributed by atoms with E-state index in [2.05, 4.69) is 59.2 Å². The van der Waals surface area contributed by atoms with E-state index in [-0.39, 0.29) is 18.6 Å². The lowest BCUT2D eigenvalue weighted by Crippen LogP contribution is -2.46. The third kappa shape index (κ3) is 15.9. The average molecular weight is 783 g/mol. The molecule has 1 saturated heterocycles. The van der Waals surface area contributed by atoms with Crippen molar-refractivity contribution in [1.29, 1.82) is 0 Å². The fourth-order valence-corrected chi connectivity index (χ4v) is 8.46. The van der Waals surface area contributed by atoms with Gasteiger partial charge in [-0.1, -0.05) is 159 Å². The van der Waals surface area contributed by atoms with Gasteiger partial charge in [-0.05, 0) is 55.3 Å². The van der Waals surface area contributed by atoms with Gasteiger partial charge in [0.05, 0.1) is 6.61 Å². The highest BCUT2D eigenvalue weighted by Crippen LogP contribution is 2.29. The Hall–Kier alpha value is -3.65. The van der Waals surface area contributed by atoms with Gasteiger partial charge < -0.3 is 14.4 Å². The number of piperazine rings is 1. The van der Waals surface area contributed by atoms with Crippen molar-refractivity contribution in [2.45, 2.75) is 161 Å². The summed E-state index contributed by atoms with van der Waals surface area (Å²) in [4.78, 5) is 36.7. The predicted molar refractivity (Wildman–Crippen MR) is 236 cm³/mol. The van der Waals surface area contributed by atoms with Crippen LogP contribution in [0.2, 0.25) is 0 Å². The molecule has 3 aromatic rings. The molecule has 0 bridgehead atoms. The number of carbonyl (C=O) groups is 2. The zero-order valence-corrected chi connectivity index (χ0v) is 35.5. The Balaban J connectivity index is 0.869. The van der Waals surface area contributed by atoms with E-state index in [1.54, 1.807) is 0 Å². The second-order valence-electron chi connectivity index (χ2n) is 16.6. The Labute approximate surface area is 345 Å². The lowest BCUT2D eigenvalue weighted by molar-refractivity contribution is -0.144. The third-order valence-corrected chi connectivity index (χ3v) is 12.0. The van der Waals surface area contributed by atoms with Crippen molar-refractivity contribution in [1.82, 2.24) is 9.88 Å². The van der Waals surface area contributed by atoms with Crippen molar-refractivity contribution < 1.29 is 19.1 Å². The van der Waals surface area contributed by atoms with Crippen molar-refractivity contribution in [3.05, 3.63) is 60.2 Å². The lowest BCUT2D eigenvalue weighted by atomic mass is 10.0. The molecule has 2 aromatic carbocycles. The number of esters is 1. The second kappa shape index (κ2) is 26.4. The number of aryl methyl sites for hydroxylation is 1. The van der Waals surface area contributed by atoms with Crippen LogP contribution < -0.4 is 14.5 Å². The number of fused-ring (bicyclic) bond motifs is 2. The van der Waals surface area contributed by atoms with Gasteiger partial charge in [0.15, 0.2) is 6.73 Å². The molecule has 0 unspecified atom stereocenters. The number of anilines is 2. The van der Waals surface area contributed by atoms with E-state index in [0.717, 1.165) is 64.0 Å². The number of rotatable bonds is 29. The minimum absolute atomic E-state index is 0.0657. The molecule has 1 aromatic heterocycles. The molecule has 1 fully saturated rings. The number of pyridine rings is 1. The molecule has 2 aliphatic rings. The van der Waals surface area contributed by atoms with Gasteiger partial charge in [-0.3, -0.25) is 19.4 Å². The maximum atomic E-state index is 12.9. The topological polar surface area (TPSA) is 75.2 Å². The zero-order chi connectivity index (χ0) is 39.8. The Kier molecular flexibility index (Phi) is 20.6. The minimum atomic E-state index is -0.246. The van der Waals surface area contributed by atoms with Crippen LogP contribution in [0.25, 0.3) is 10.8 Å². The molecular weight excluding hydrogens is 709 g/mol. The van der Waals surface area contributed by atoms with Gasteiger partial charge in [-0.15, -0.1) is 0 Å². The summed E-state index contributed by atoms with van der Waals surface area (Å²) in [5, 5.41) is 2.63. The third-order valence-electron chi connectivity index (χ3n) is 12.0. The molecule has 314 valence electrons. The van der Waals surface area contributed by atoms with E-state index in [1.165, 1.54) is 131 Å². The van der Waals surface area contributed by atoms with Gasteiger partial charge in [-0.25, -0.2) is 0 Å². The van der Waals surface area contributed by atoms with Crippen molar-refractivity contribution in [2.75, 3.05) is 55.9 Å². The molecule has 3 heterocycles. The number of nitrogens with zero attached hydrogens (tertiary/aromatic N) is 4. The van der Waals surface area contributed by atoms with E-state index in [4.69, 9.17) is 14.5 Å². The van der Waals surface area contributed by atoms with Crippen LogP contribution in [-0.2, 0) is 20.7 Å². The van der Waals surface area contributed by atoms with Gasteiger partial charge in [0.2, 0.25) is 11.8 Å². The van der Waals surface area contributed by atoms with E-state index in [0.29, 0.717) is 37.6 Å². The normalized spacial score (nSPS) is 14.6. The summed E-state index contributed by atoms with van der Waals surface area (Å²) < 4.78 is 11.6. The summed E-state index contributed by atoms with van der Waals surface area (Å²) in [7, 11) is 0. The number of amides is 1. The molecule has 8 nitrogen and oxygen atoms in total. The fraction of sp³-hybridized carbons (Fsp3) is 0.653. The molecule has 1 amide bonds. The Morgan fingerprint density at radius 2 is 1.26 bits per heavy atom. The zero-order valence-electron chi connectivity index (χ0n) is 35.5. The van der Waals surface area contributed by atoms with Crippen LogP contribution in [0.5, 0.6) is 5.88 Å². The fourth-order valence-electron chi connectivity index (χ4n) is 8.46. The van der Waals surface area contributed by atoms with Crippen molar-refractivity contribution in [3.63, 3.8) is 0 Å². The van der Waals surface area contributed by atoms with Gasteiger partial charge in [-0.2, -0.15) is 4.98 Å². The number of carbonyl (C=O) groups excluding carboxylic acids is 2. The Morgan fingerprint density at radius 3 is 1.93 bits per heavy atom. The standard InChI is InChI=1S/C49H74N4O4/c1-2-3-4-5-6-7-8-9-10-11-12-13-14-15-16-17-18-19-20-30-48(55)57-41-53-47(54)34-32-43-31-33-46(50-49(43)53)56-40-24-23-35-51-36-38-52(39-37-51)45-29-25-27-42-26-21-22-28-44(42)45/h21-22,25-29,31,33H,2-20,23-24,30,32,34-41H2,1H3. The average Bonchev–Trinajstić information content (AvgIpc) is 3.24. The molecule has 0 saturated carbocycles. The predicted octanol–water partition coefficient (Wildman–Crippen LogP) is 11.8. The number of unbranched alkanes of at least 4 members (excludes halogenated alkanes) is 19. The smallest absolute Gasteiger partial charge is 0.307 e. The summed E-state index contributed by atoms with van der Waals surface area (Å²) >= 11 is 0. The number of hydrogen-bond acceptors (Lipinski definition) is 7. The molecule has 2 aliphatic heterocycles. The first-order valence-corrected chi connectivity index (χ1v) is 23.2. The van der Waals surface area contributed by atoms with E-state index < -0.39 is 0 Å². The number of aromatic nitrogens is 1. The number of benzene rings is 2. The largest absolute Gasteiger partial charge is 0.478 e. The van der Waals surface area contributed by atoms with Crippen LogP contribution in [0.3, 0.4) is 0 Å². The summed E-state index contributed by atoms with van der Waals surface area (Å²) in [5.74, 6) is 0.759. The Bertz CT molecular complexity index is 1580. The quantitative estimate of drug-likeness (QED) is 0.0513. The van der Waals surface area contributed by atoms with Crippen molar-refractivity contribution in [3.8, 4) is 5.88 Å². The molecule has 0 radical (unpaired) electrons.